The number of carbonyl (C=O) groups excluding carboxylic acids is 2. The largest absolute Gasteiger partial charge is 0.507 e. The van der Waals surface area contributed by atoms with Gasteiger partial charge in [0, 0.05) is 0 Å². The SMILES string of the molecule is C=C/C(O)=C(/C(C)=O)C(=O)/C=C/c1ccc(OC)c(OC)c1. The second kappa shape index (κ2) is 7.83. The van der Waals surface area contributed by atoms with Crippen molar-refractivity contribution in [2.45, 2.75) is 6.92 Å². The molecule has 0 aromatic heterocycles. The zero-order chi connectivity index (χ0) is 16.7. The lowest BCUT2D eigenvalue weighted by atomic mass is 10.0. The first kappa shape index (κ1) is 17.2. The summed E-state index contributed by atoms with van der Waals surface area (Å²) < 4.78 is 10.3. The van der Waals surface area contributed by atoms with Gasteiger partial charge < -0.3 is 14.6 Å². The zero-order valence-electron chi connectivity index (χ0n) is 12.8. The van der Waals surface area contributed by atoms with Gasteiger partial charge in [-0.1, -0.05) is 18.7 Å². The standard InChI is InChI=1S/C17H18O5/c1-5-13(19)17(11(2)18)14(20)8-6-12-7-9-15(21-3)16(10-12)22-4/h5-10,19H,1H2,2-4H3/b8-6+,17-13+. The molecule has 0 spiro atoms. The van der Waals surface area contributed by atoms with Gasteiger partial charge in [-0.3, -0.25) is 9.59 Å². The van der Waals surface area contributed by atoms with E-state index in [4.69, 9.17) is 9.47 Å². The van der Waals surface area contributed by atoms with Crippen molar-refractivity contribution in [3.8, 4) is 11.5 Å². The molecule has 5 nitrogen and oxygen atoms in total. The molecular formula is C17H18O5. The monoisotopic (exact) mass is 302 g/mol. The first-order valence-corrected chi connectivity index (χ1v) is 6.45. The Morgan fingerprint density at radius 1 is 1.18 bits per heavy atom. The number of benzene rings is 1. The number of aliphatic hydroxyl groups excluding tert-OH is 1. The Kier molecular flexibility index (Phi) is 6.13. The molecule has 1 aromatic rings. The van der Waals surface area contributed by atoms with Crippen molar-refractivity contribution in [2.24, 2.45) is 0 Å². The molecule has 0 aliphatic heterocycles. The molecule has 0 saturated heterocycles. The third-order valence-corrected chi connectivity index (χ3v) is 2.88. The van der Waals surface area contributed by atoms with E-state index in [0.717, 1.165) is 6.08 Å². The van der Waals surface area contributed by atoms with Crippen LogP contribution in [-0.2, 0) is 9.59 Å². The number of rotatable bonds is 7. The molecule has 0 bridgehead atoms. The van der Waals surface area contributed by atoms with Crippen molar-refractivity contribution in [1.82, 2.24) is 0 Å². The van der Waals surface area contributed by atoms with E-state index in [9.17, 15) is 14.7 Å². The van der Waals surface area contributed by atoms with E-state index in [1.807, 2.05) is 0 Å². The van der Waals surface area contributed by atoms with E-state index in [0.29, 0.717) is 17.1 Å². The van der Waals surface area contributed by atoms with E-state index < -0.39 is 17.3 Å². The van der Waals surface area contributed by atoms with Crippen LogP contribution in [0.15, 0.2) is 48.3 Å². The molecule has 1 rings (SSSR count). The van der Waals surface area contributed by atoms with Gasteiger partial charge in [0.1, 0.15) is 11.3 Å². The highest BCUT2D eigenvalue weighted by atomic mass is 16.5. The number of ether oxygens (including phenoxy) is 2. The minimum atomic E-state index is -0.598. The Bertz CT molecular complexity index is 653. The van der Waals surface area contributed by atoms with Gasteiger partial charge in [-0.25, -0.2) is 0 Å². The summed E-state index contributed by atoms with van der Waals surface area (Å²) in [6.07, 6.45) is 3.78. The second-order valence-corrected chi connectivity index (χ2v) is 4.33. The number of methoxy groups -OCH3 is 2. The van der Waals surface area contributed by atoms with Crippen LogP contribution in [0.2, 0.25) is 0 Å². The molecule has 1 aromatic carbocycles. The molecule has 0 fully saturated rings. The third-order valence-electron chi connectivity index (χ3n) is 2.88. The van der Waals surface area contributed by atoms with Gasteiger partial charge in [0.05, 0.1) is 14.2 Å². The molecule has 1 N–H and O–H groups in total. The summed E-state index contributed by atoms with van der Waals surface area (Å²) in [5.74, 6) is -0.471. The van der Waals surface area contributed by atoms with E-state index in [-0.39, 0.29) is 5.57 Å². The van der Waals surface area contributed by atoms with Crippen molar-refractivity contribution in [2.75, 3.05) is 14.2 Å². The van der Waals surface area contributed by atoms with Crippen molar-refractivity contribution >= 4 is 17.6 Å². The molecule has 0 unspecified atom stereocenters. The molecule has 0 heterocycles. The summed E-state index contributed by atoms with van der Waals surface area (Å²) in [6.45, 7) is 4.55. The number of hydrogen-bond donors (Lipinski definition) is 1. The Hall–Kier alpha value is -2.82. The highest BCUT2D eigenvalue weighted by Crippen LogP contribution is 2.28. The van der Waals surface area contributed by atoms with Crippen LogP contribution in [0.3, 0.4) is 0 Å². The number of aliphatic hydroxyl groups is 1. The van der Waals surface area contributed by atoms with Gasteiger partial charge in [0.2, 0.25) is 0 Å². The van der Waals surface area contributed by atoms with Gasteiger partial charge >= 0.3 is 0 Å². The fourth-order valence-electron chi connectivity index (χ4n) is 1.79. The van der Waals surface area contributed by atoms with Gasteiger partial charge in [-0.05, 0) is 36.8 Å². The topological polar surface area (TPSA) is 72.8 Å². The van der Waals surface area contributed by atoms with Crippen LogP contribution in [0.4, 0.5) is 0 Å². The summed E-state index contributed by atoms with van der Waals surface area (Å²) in [7, 11) is 3.04. The van der Waals surface area contributed by atoms with Crippen molar-refractivity contribution in [1.29, 1.82) is 0 Å². The second-order valence-electron chi connectivity index (χ2n) is 4.33. The number of Topliss-reactive ketones (excluding diaryl/α,β-unsaturated/α-hetero) is 1. The van der Waals surface area contributed by atoms with Crippen LogP contribution in [0.1, 0.15) is 12.5 Å². The van der Waals surface area contributed by atoms with E-state index in [1.165, 1.54) is 33.3 Å². The summed E-state index contributed by atoms with van der Waals surface area (Å²) in [6, 6.07) is 5.12. The molecule has 116 valence electrons. The van der Waals surface area contributed by atoms with Gasteiger partial charge in [-0.2, -0.15) is 0 Å². The molecule has 5 heteroatoms. The van der Waals surface area contributed by atoms with Crippen molar-refractivity contribution < 1.29 is 24.2 Å². The van der Waals surface area contributed by atoms with E-state index in [2.05, 4.69) is 6.58 Å². The van der Waals surface area contributed by atoms with E-state index in [1.54, 1.807) is 18.2 Å². The van der Waals surface area contributed by atoms with Gasteiger partial charge in [-0.15, -0.1) is 0 Å². The summed E-state index contributed by atoms with van der Waals surface area (Å²) in [5, 5.41) is 9.56. The quantitative estimate of drug-likeness (QED) is 0.276. The molecule has 0 aliphatic rings. The zero-order valence-corrected chi connectivity index (χ0v) is 12.8. The molecule has 22 heavy (non-hydrogen) atoms. The molecule has 0 amide bonds. The maximum Gasteiger partial charge on any atom is 0.193 e. The maximum atomic E-state index is 12.0. The predicted octanol–water partition coefficient (Wildman–Crippen LogP) is 2.87. The minimum absolute atomic E-state index is 0.299. The van der Waals surface area contributed by atoms with Crippen molar-refractivity contribution in [3.05, 3.63) is 53.8 Å². The summed E-state index contributed by atoms with van der Waals surface area (Å²) >= 11 is 0. The van der Waals surface area contributed by atoms with Gasteiger partial charge in [0.25, 0.3) is 0 Å². The van der Waals surface area contributed by atoms with Crippen LogP contribution in [0, 0.1) is 0 Å². The van der Waals surface area contributed by atoms with E-state index >= 15 is 0 Å². The first-order valence-electron chi connectivity index (χ1n) is 6.45. The molecule has 0 aliphatic carbocycles. The van der Waals surface area contributed by atoms with Gasteiger partial charge in [0.15, 0.2) is 23.1 Å². The first-order chi connectivity index (χ1) is 10.4. The third kappa shape index (κ3) is 4.09. The fraction of sp³-hybridized carbons (Fsp3) is 0.176. The lowest BCUT2D eigenvalue weighted by Gasteiger charge is -2.07. The average Bonchev–Trinajstić information content (AvgIpc) is 2.52. The normalized spacial score (nSPS) is 11.8. The smallest absolute Gasteiger partial charge is 0.193 e. The van der Waals surface area contributed by atoms with Crippen LogP contribution >= 0.6 is 0 Å². The maximum absolute atomic E-state index is 12.0. The van der Waals surface area contributed by atoms with Crippen LogP contribution in [0.5, 0.6) is 11.5 Å². The van der Waals surface area contributed by atoms with Crippen LogP contribution in [0.25, 0.3) is 6.08 Å². The minimum Gasteiger partial charge on any atom is -0.507 e. The number of allylic oxidation sites excluding steroid dienone is 3. The Labute approximate surface area is 129 Å². The summed E-state index contributed by atoms with van der Waals surface area (Å²) in [4.78, 5) is 23.4. The molecule has 0 atom stereocenters. The lowest BCUT2D eigenvalue weighted by Crippen LogP contribution is -2.10. The van der Waals surface area contributed by atoms with Crippen LogP contribution < -0.4 is 9.47 Å². The molecule has 0 radical (unpaired) electrons. The highest BCUT2D eigenvalue weighted by Gasteiger charge is 2.16. The predicted molar refractivity (Wildman–Crippen MR) is 84.1 cm³/mol. The highest BCUT2D eigenvalue weighted by molar-refractivity contribution is 6.24. The average molecular weight is 302 g/mol. The summed E-state index contributed by atoms with van der Waals surface area (Å²) in [5.41, 5.74) is 0.388. The molecular weight excluding hydrogens is 284 g/mol. The fourth-order valence-corrected chi connectivity index (χ4v) is 1.79. The van der Waals surface area contributed by atoms with Crippen molar-refractivity contribution in [3.63, 3.8) is 0 Å². The Morgan fingerprint density at radius 2 is 1.82 bits per heavy atom. The Morgan fingerprint density at radius 3 is 2.32 bits per heavy atom. The number of ketones is 2. The molecule has 0 saturated carbocycles. The number of carbonyl (C=O) groups is 2. The lowest BCUT2D eigenvalue weighted by molar-refractivity contribution is -0.118. The number of hydrogen-bond acceptors (Lipinski definition) is 5. The Balaban J connectivity index is 3.08. The van der Waals surface area contributed by atoms with Crippen LogP contribution in [-0.4, -0.2) is 30.9 Å².